The van der Waals surface area contributed by atoms with Gasteiger partial charge >= 0.3 is 0 Å². The van der Waals surface area contributed by atoms with E-state index in [2.05, 4.69) is 38.1 Å². The number of carbonyl (C=O) groups is 2. The predicted molar refractivity (Wildman–Crippen MR) is 85.6 cm³/mol. The van der Waals surface area contributed by atoms with Crippen LogP contribution in [0.3, 0.4) is 0 Å². The summed E-state index contributed by atoms with van der Waals surface area (Å²) in [5, 5.41) is 2.06. The van der Waals surface area contributed by atoms with Crippen molar-refractivity contribution in [2.24, 2.45) is 0 Å². The number of hydrogen-bond donors (Lipinski definition) is 1. The van der Waals surface area contributed by atoms with Gasteiger partial charge in [0, 0.05) is 23.6 Å². The quantitative estimate of drug-likeness (QED) is 0.792. The van der Waals surface area contributed by atoms with Crippen molar-refractivity contribution in [3.05, 3.63) is 24.3 Å². The monoisotopic (exact) mass is 292 g/mol. The Morgan fingerprint density at radius 2 is 1.67 bits per heavy atom. The summed E-state index contributed by atoms with van der Waals surface area (Å²) >= 11 is 0. The number of nitrogens with one attached hydrogen (secondary N) is 1. The highest BCUT2D eigenvalue weighted by Gasteiger charge is 2.42. The normalized spacial score (nSPS) is 21.8. The molecule has 0 aliphatic carbocycles. The molecule has 1 fully saturated rings. The highest BCUT2D eigenvalue weighted by Crippen LogP contribution is 2.36. The number of ketones is 1. The molecule has 0 saturated carbocycles. The summed E-state index contributed by atoms with van der Waals surface area (Å²) < 4.78 is 0. The summed E-state index contributed by atoms with van der Waals surface area (Å²) in [6, 6.07) is 0. The molecule has 1 N–H and O–H groups in total. The van der Waals surface area contributed by atoms with Gasteiger partial charge in [-0.15, -0.1) is 0 Å². The van der Waals surface area contributed by atoms with E-state index in [1.807, 2.05) is 0 Å². The average Bonchev–Trinajstić information content (AvgIpc) is 2.34. The van der Waals surface area contributed by atoms with Crippen LogP contribution in [0.25, 0.3) is 0 Å². The molecule has 4 nitrogen and oxygen atoms in total. The summed E-state index contributed by atoms with van der Waals surface area (Å²) in [5.74, 6) is -0.175. The van der Waals surface area contributed by atoms with E-state index in [-0.39, 0.29) is 29.2 Å². The summed E-state index contributed by atoms with van der Waals surface area (Å²) in [7, 11) is 0. The number of hydrazine groups is 1. The Kier molecular flexibility index (Phi) is 5.90. The Labute approximate surface area is 128 Å². The fraction of sp³-hybridized carbons (Fsp3) is 0.647. The van der Waals surface area contributed by atoms with Crippen molar-refractivity contribution in [3.63, 3.8) is 0 Å². The second-order valence-electron chi connectivity index (χ2n) is 6.86. The van der Waals surface area contributed by atoms with Crippen LogP contribution in [0.2, 0.25) is 0 Å². The largest absolute Gasteiger partial charge is 0.295 e. The summed E-state index contributed by atoms with van der Waals surface area (Å²) in [6.45, 7) is 10.4. The first-order chi connectivity index (χ1) is 9.69. The maximum atomic E-state index is 12.1. The Morgan fingerprint density at radius 3 is 2.19 bits per heavy atom. The van der Waals surface area contributed by atoms with Gasteiger partial charge in [-0.2, -0.15) is 0 Å². The second-order valence-corrected chi connectivity index (χ2v) is 6.86. The maximum absolute atomic E-state index is 12.1. The molecule has 1 aliphatic rings. The highest BCUT2D eigenvalue weighted by molar-refractivity contribution is 5.92. The van der Waals surface area contributed by atoms with Crippen molar-refractivity contribution in [1.82, 2.24) is 10.4 Å². The van der Waals surface area contributed by atoms with Gasteiger partial charge in [-0.1, -0.05) is 12.2 Å². The molecule has 0 bridgehead atoms. The lowest BCUT2D eigenvalue weighted by atomic mass is 9.81. The topological polar surface area (TPSA) is 49.4 Å². The van der Waals surface area contributed by atoms with Gasteiger partial charge in [-0.25, -0.2) is 5.01 Å². The summed E-state index contributed by atoms with van der Waals surface area (Å²) in [6.07, 6.45) is 9.81. The van der Waals surface area contributed by atoms with E-state index < -0.39 is 0 Å². The Bertz CT molecular complexity index is 432. The van der Waals surface area contributed by atoms with Crippen LogP contribution in [0.15, 0.2) is 24.3 Å². The lowest BCUT2D eigenvalue weighted by molar-refractivity contribution is -0.134. The molecular weight excluding hydrogens is 264 g/mol. The molecule has 0 aromatic heterocycles. The van der Waals surface area contributed by atoms with Crippen molar-refractivity contribution in [1.29, 1.82) is 0 Å². The summed E-state index contributed by atoms with van der Waals surface area (Å²) in [5.41, 5.74) is 2.86. The molecule has 0 unspecified atom stereocenters. The maximum Gasteiger partial charge on any atom is 0.258 e. The molecule has 0 radical (unpaired) electrons. The number of rotatable bonds is 5. The van der Waals surface area contributed by atoms with Crippen LogP contribution in [-0.4, -0.2) is 27.8 Å². The van der Waals surface area contributed by atoms with Crippen molar-refractivity contribution >= 4 is 11.7 Å². The lowest BCUT2D eigenvalue weighted by Crippen LogP contribution is -2.65. The van der Waals surface area contributed by atoms with Crippen LogP contribution < -0.4 is 5.43 Å². The van der Waals surface area contributed by atoms with E-state index >= 15 is 0 Å². The van der Waals surface area contributed by atoms with Gasteiger partial charge in [0.05, 0.1) is 0 Å². The predicted octanol–water partition coefficient (Wildman–Crippen LogP) is 3.15. The number of amides is 1. The van der Waals surface area contributed by atoms with E-state index in [4.69, 9.17) is 0 Å². The number of nitrogens with zero attached hydrogens (tertiary/aromatic N) is 1. The van der Waals surface area contributed by atoms with Crippen LogP contribution in [-0.2, 0) is 9.59 Å². The zero-order valence-corrected chi connectivity index (χ0v) is 13.9. The van der Waals surface area contributed by atoms with Gasteiger partial charge in [0.15, 0.2) is 5.78 Å². The van der Waals surface area contributed by atoms with Crippen LogP contribution in [0, 0.1) is 0 Å². The Morgan fingerprint density at radius 1 is 1.10 bits per heavy atom. The van der Waals surface area contributed by atoms with E-state index in [0.717, 1.165) is 12.8 Å². The molecule has 0 spiro atoms. The van der Waals surface area contributed by atoms with E-state index in [1.165, 1.54) is 18.6 Å². The first-order valence-electron chi connectivity index (χ1n) is 7.62. The van der Waals surface area contributed by atoms with Crippen molar-refractivity contribution in [2.75, 3.05) is 0 Å². The fourth-order valence-electron chi connectivity index (χ4n) is 2.98. The molecule has 1 saturated heterocycles. The molecule has 0 aromatic rings. The van der Waals surface area contributed by atoms with E-state index in [9.17, 15) is 9.59 Å². The SMILES string of the molecule is C/C=C/C(=O)C/C=C/C(=O)NN1C(C)(C)CCCC1(C)C. The van der Waals surface area contributed by atoms with Crippen LogP contribution in [0.5, 0.6) is 0 Å². The van der Waals surface area contributed by atoms with Crippen molar-refractivity contribution < 1.29 is 9.59 Å². The molecule has 1 aliphatic heterocycles. The first kappa shape index (κ1) is 17.6. The molecule has 0 atom stereocenters. The lowest BCUT2D eigenvalue weighted by Gasteiger charge is -2.52. The minimum Gasteiger partial charge on any atom is -0.295 e. The highest BCUT2D eigenvalue weighted by atomic mass is 16.2. The zero-order valence-electron chi connectivity index (χ0n) is 13.9. The number of allylic oxidation sites excluding steroid dienone is 3. The number of carbonyl (C=O) groups excluding carboxylic acids is 2. The van der Waals surface area contributed by atoms with Gasteiger partial charge in [-0.05, 0) is 60.0 Å². The molecule has 21 heavy (non-hydrogen) atoms. The second kappa shape index (κ2) is 7.03. The third-order valence-electron chi connectivity index (χ3n) is 3.95. The molecular formula is C17H28N2O2. The van der Waals surface area contributed by atoms with Gasteiger partial charge in [0.1, 0.15) is 0 Å². The Hall–Kier alpha value is -1.42. The molecule has 118 valence electrons. The van der Waals surface area contributed by atoms with Crippen LogP contribution >= 0.6 is 0 Å². The molecule has 0 aromatic carbocycles. The fourth-order valence-corrected chi connectivity index (χ4v) is 2.98. The molecule has 4 heteroatoms. The van der Waals surface area contributed by atoms with Gasteiger partial charge < -0.3 is 0 Å². The minimum atomic E-state index is -0.175. The molecule has 1 rings (SSSR count). The third kappa shape index (κ3) is 5.12. The van der Waals surface area contributed by atoms with E-state index in [1.54, 1.807) is 19.1 Å². The minimum absolute atomic E-state index is 0.000169. The Balaban J connectivity index is 2.63. The van der Waals surface area contributed by atoms with Gasteiger partial charge in [0.2, 0.25) is 0 Å². The first-order valence-corrected chi connectivity index (χ1v) is 7.62. The van der Waals surface area contributed by atoms with Gasteiger partial charge in [0.25, 0.3) is 5.91 Å². The summed E-state index contributed by atoms with van der Waals surface area (Å²) in [4.78, 5) is 23.4. The van der Waals surface area contributed by atoms with E-state index in [0.29, 0.717) is 0 Å². The van der Waals surface area contributed by atoms with Crippen molar-refractivity contribution in [3.8, 4) is 0 Å². The zero-order chi connectivity index (χ0) is 16.1. The molecule has 1 heterocycles. The number of piperidine rings is 1. The number of hydrogen-bond acceptors (Lipinski definition) is 3. The molecule has 1 amide bonds. The third-order valence-corrected chi connectivity index (χ3v) is 3.95. The average molecular weight is 292 g/mol. The van der Waals surface area contributed by atoms with Gasteiger partial charge in [-0.3, -0.25) is 15.0 Å². The van der Waals surface area contributed by atoms with Crippen LogP contribution in [0.4, 0.5) is 0 Å². The van der Waals surface area contributed by atoms with Crippen LogP contribution in [0.1, 0.15) is 60.3 Å². The van der Waals surface area contributed by atoms with Crippen molar-refractivity contribution in [2.45, 2.75) is 71.4 Å². The standard InChI is InChI=1S/C17H28N2O2/c1-6-9-14(20)10-7-11-15(21)18-19-16(2,3)12-8-13-17(19,4)5/h6-7,9,11H,8,10,12-13H2,1-5H3,(H,18,21)/b9-6+,11-7+. The smallest absolute Gasteiger partial charge is 0.258 e.